The zero-order chi connectivity index (χ0) is 19.3. The highest BCUT2D eigenvalue weighted by Gasteiger charge is 2.28. The molecule has 0 aromatic heterocycles. The van der Waals surface area contributed by atoms with Crippen molar-refractivity contribution in [1.82, 2.24) is 9.80 Å². The lowest BCUT2D eigenvalue weighted by Gasteiger charge is -2.24. The Bertz CT molecular complexity index is 483. The van der Waals surface area contributed by atoms with Gasteiger partial charge in [0.15, 0.2) is 0 Å². The van der Waals surface area contributed by atoms with Crippen LogP contribution in [0.15, 0.2) is 12.2 Å². The van der Waals surface area contributed by atoms with E-state index in [1.165, 1.54) is 4.90 Å². The third-order valence-electron chi connectivity index (χ3n) is 3.29. The summed E-state index contributed by atoms with van der Waals surface area (Å²) in [6.45, 7) is 13.4. The van der Waals surface area contributed by atoms with Crippen LogP contribution in [0.3, 0.4) is 0 Å². The zero-order valence-corrected chi connectivity index (χ0v) is 16.2. The number of hydrogen-bond donors (Lipinski definition) is 1. The van der Waals surface area contributed by atoms with E-state index in [9.17, 15) is 14.7 Å². The fourth-order valence-electron chi connectivity index (χ4n) is 2.19. The summed E-state index contributed by atoms with van der Waals surface area (Å²) >= 11 is 0. The summed E-state index contributed by atoms with van der Waals surface area (Å²) in [4.78, 5) is 25.9. The second-order valence-corrected chi connectivity index (χ2v) is 8.23. The highest BCUT2D eigenvalue weighted by atomic mass is 16.6. The van der Waals surface area contributed by atoms with Gasteiger partial charge in [0, 0.05) is 26.2 Å². The van der Waals surface area contributed by atoms with Crippen LogP contribution in [0, 0.1) is 0 Å². The molecule has 7 heteroatoms. The normalized spacial score (nSPS) is 19.4. The Morgan fingerprint density at radius 2 is 1.35 bits per heavy atom. The molecule has 0 saturated carbocycles. The van der Waals surface area contributed by atoms with Gasteiger partial charge < -0.3 is 24.4 Å². The number of carbonyl (C=O) groups is 2. The smallest absolute Gasteiger partial charge is 0.410 e. The molecule has 152 valence electrons. The highest BCUT2D eigenvalue weighted by Crippen LogP contribution is 2.15. The molecule has 0 unspecified atom stereocenters. The zero-order valence-electron chi connectivity index (χ0n) is 16.2. The molecular formula is C19H36N2O5. The molecule has 2 aliphatic heterocycles. The minimum absolute atomic E-state index is 0. The topological polar surface area (TPSA) is 79.3 Å². The van der Waals surface area contributed by atoms with Crippen LogP contribution in [-0.4, -0.2) is 70.6 Å². The molecule has 0 aliphatic carbocycles. The molecule has 1 saturated heterocycles. The van der Waals surface area contributed by atoms with Gasteiger partial charge in [0.1, 0.15) is 11.2 Å². The van der Waals surface area contributed by atoms with Crippen molar-refractivity contribution in [3.8, 4) is 0 Å². The van der Waals surface area contributed by atoms with E-state index in [1.54, 1.807) is 4.90 Å². The Labute approximate surface area is 157 Å². The number of β-amino-alcohol motifs (C(OH)–C–C–N with tert-alkyl or cyclic N) is 1. The van der Waals surface area contributed by atoms with Crippen LogP contribution >= 0.6 is 0 Å². The molecule has 0 spiro atoms. The van der Waals surface area contributed by atoms with Crippen molar-refractivity contribution in [2.45, 2.75) is 72.7 Å². The Morgan fingerprint density at radius 3 is 1.69 bits per heavy atom. The van der Waals surface area contributed by atoms with Gasteiger partial charge in [0.25, 0.3) is 0 Å². The lowest BCUT2D eigenvalue weighted by molar-refractivity contribution is 0.0267. The summed E-state index contributed by atoms with van der Waals surface area (Å²) in [5.41, 5.74) is -0.843. The Balaban J connectivity index is 0.000000464. The van der Waals surface area contributed by atoms with Crippen LogP contribution in [0.25, 0.3) is 0 Å². The number of hydrogen-bond acceptors (Lipinski definition) is 5. The van der Waals surface area contributed by atoms with E-state index in [4.69, 9.17) is 9.47 Å². The molecule has 2 aliphatic rings. The molecule has 1 atom stereocenters. The first-order valence-electron chi connectivity index (χ1n) is 8.66. The molecule has 2 heterocycles. The SMILES string of the molecule is C.CC(C)(C)OC(=O)N1CC=CC1.CC(C)(C)OC(=O)N1CC[C@H](O)C1. The molecule has 0 aromatic rings. The molecule has 0 aromatic carbocycles. The lowest BCUT2D eigenvalue weighted by atomic mass is 10.2. The van der Waals surface area contributed by atoms with Gasteiger partial charge in [0.05, 0.1) is 6.10 Å². The predicted octanol–water partition coefficient (Wildman–Crippen LogP) is 3.42. The maximum absolute atomic E-state index is 11.4. The van der Waals surface area contributed by atoms with E-state index in [0.717, 1.165) is 0 Å². The quantitative estimate of drug-likeness (QED) is 0.659. The summed E-state index contributed by atoms with van der Waals surface area (Å²) in [5.74, 6) is 0. The first kappa shape index (κ1) is 24.2. The number of aliphatic hydroxyl groups is 1. The van der Waals surface area contributed by atoms with Crippen molar-refractivity contribution in [1.29, 1.82) is 0 Å². The predicted molar refractivity (Wildman–Crippen MR) is 102 cm³/mol. The summed E-state index contributed by atoms with van der Waals surface area (Å²) in [6, 6.07) is 0. The third kappa shape index (κ3) is 9.65. The first-order chi connectivity index (χ1) is 11.4. The molecule has 2 amide bonds. The first-order valence-corrected chi connectivity index (χ1v) is 8.66. The van der Waals surface area contributed by atoms with Gasteiger partial charge in [0.2, 0.25) is 0 Å². The summed E-state index contributed by atoms with van der Waals surface area (Å²) in [6.07, 6.45) is 3.64. The molecule has 1 N–H and O–H groups in total. The number of nitrogens with zero attached hydrogens (tertiary/aromatic N) is 2. The minimum atomic E-state index is -0.454. The fraction of sp³-hybridized carbons (Fsp3) is 0.789. The van der Waals surface area contributed by atoms with Crippen LogP contribution in [0.5, 0.6) is 0 Å². The second kappa shape index (κ2) is 9.80. The van der Waals surface area contributed by atoms with Crippen LogP contribution in [0.1, 0.15) is 55.4 Å². The number of carbonyl (C=O) groups excluding carboxylic acids is 2. The van der Waals surface area contributed by atoms with E-state index in [1.807, 2.05) is 53.7 Å². The Hall–Kier alpha value is -1.76. The van der Waals surface area contributed by atoms with Crippen LogP contribution in [0.2, 0.25) is 0 Å². The van der Waals surface area contributed by atoms with E-state index >= 15 is 0 Å². The standard InChI is InChI=1S/C9H17NO3.C9H15NO2.CH4/c1-9(2,3)13-8(12)10-5-4-7(11)6-10;1-9(2,3)12-8(11)10-6-4-5-7-10;/h7,11H,4-6H2,1-3H3;4-5H,6-7H2,1-3H3;1H4/t7-;;/m0../s1. The second-order valence-electron chi connectivity index (χ2n) is 8.23. The third-order valence-corrected chi connectivity index (χ3v) is 3.29. The van der Waals surface area contributed by atoms with Gasteiger partial charge in [-0.3, -0.25) is 0 Å². The number of aliphatic hydroxyl groups excluding tert-OH is 1. The van der Waals surface area contributed by atoms with Gasteiger partial charge in [-0.1, -0.05) is 19.6 Å². The van der Waals surface area contributed by atoms with Crippen molar-refractivity contribution in [2.24, 2.45) is 0 Å². The molecule has 7 nitrogen and oxygen atoms in total. The average Bonchev–Trinajstić information content (AvgIpc) is 3.05. The number of rotatable bonds is 0. The maximum atomic E-state index is 11.4. The summed E-state index contributed by atoms with van der Waals surface area (Å²) in [7, 11) is 0. The highest BCUT2D eigenvalue weighted by molar-refractivity contribution is 5.69. The van der Waals surface area contributed by atoms with Crippen molar-refractivity contribution in [2.75, 3.05) is 26.2 Å². The lowest BCUT2D eigenvalue weighted by Crippen LogP contribution is -2.35. The van der Waals surface area contributed by atoms with Crippen molar-refractivity contribution >= 4 is 12.2 Å². The Kier molecular flexibility index (Phi) is 9.14. The van der Waals surface area contributed by atoms with Gasteiger partial charge in [-0.15, -0.1) is 0 Å². The summed E-state index contributed by atoms with van der Waals surface area (Å²) < 4.78 is 10.3. The van der Waals surface area contributed by atoms with Gasteiger partial charge in [-0.05, 0) is 48.0 Å². The molecule has 0 bridgehead atoms. The van der Waals surface area contributed by atoms with Gasteiger partial charge in [-0.2, -0.15) is 0 Å². The largest absolute Gasteiger partial charge is 0.444 e. The molecule has 0 radical (unpaired) electrons. The Morgan fingerprint density at radius 1 is 0.923 bits per heavy atom. The minimum Gasteiger partial charge on any atom is -0.444 e. The molecule has 2 rings (SSSR count). The molecular weight excluding hydrogens is 336 g/mol. The number of likely N-dealkylation sites (tertiary alicyclic amines) is 1. The van der Waals surface area contributed by atoms with Crippen LogP contribution < -0.4 is 0 Å². The van der Waals surface area contributed by atoms with E-state index in [-0.39, 0.29) is 31.3 Å². The molecule has 1 fully saturated rings. The van der Waals surface area contributed by atoms with Gasteiger partial charge in [-0.25, -0.2) is 9.59 Å². The van der Waals surface area contributed by atoms with Crippen LogP contribution in [-0.2, 0) is 9.47 Å². The number of ether oxygens (including phenoxy) is 2. The van der Waals surface area contributed by atoms with E-state index in [2.05, 4.69) is 0 Å². The van der Waals surface area contributed by atoms with Crippen LogP contribution in [0.4, 0.5) is 9.59 Å². The van der Waals surface area contributed by atoms with Gasteiger partial charge >= 0.3 is 12.2 Å². The average molecular weight is 373 g/mol. The fourth-order valence-corrected chi connectivity index (χ4v) is 2.19. The maximum Gasteiger partial charge on any atom is 0.410 e. The van der Waals surface area contributed by atoms with E-state index in [0.29, 0.717) is 32.6 Å². The summed E-state index contributed by atoms with van der Waals surface area (Å²) in [5, 5.41) is 9.20. The van der Waals surface area contributed by atoms with Crippen molar-refractivity contribution in [3.05, 3.63) is 12.2 Å². The molecule has 26 heavy (non-hydrogen) atoms. The number of amides is 2. The van der Waals surface area contributed by atoms with E-state index < -0.39 is 5.60 Å². The van der Waals surface area contributed by atoms with Crippen molar-refractivity contribution < 1.29 is 24.2 Å². The monoisotopic (exact) mass is 372 g/mol. The van der Waals surface area contributed by atoms with Crippen molar-refractivity contribution in [3.63, 3.8) is 0 Å².